The quantitative estimate of drug-likeness (QED) is 0.576. The fourth-order valence-corrected chi connectivity index (χ4v) is 3.90. The summed E-state index contributed by atoms with van der Waals surface area (Å²) in [5, 5.41) is 21.7. The number of nitrogens with one attached hydrogen (secondary N) is 2. The van der Waals surface area contributed by atoms with E-state index in [4.69, 9.17) is 4.74 Å². The number of rotatable bonds is 4. The zero-order valence-corrected chi connectivity index (χ0v) is 15.3. The molecule has 138 valence electrons. The maximum absolute atomic E-state index is 5.48. The summed E-state index contributed by atoms with van der Waals surface area (Å²) < 4.78 is 5.48. The number of tetrazole rings is 1. The summed E-state index contributed by atoms with van der Waals surface area (Å²) in [5.74, 6) is 1.39. The van der Waals surface area contributed by atoms with Crippen LogP contribution in [0.15, 0.2) is 60.7 Å². The van der Waals surface area contributed by atoms with Gasteiger partial charge in [0.15, 0.2) is 0 Å². The van der Waals surface area contributed by atoms with E-state index in [1.54, 1.807) is 7.11 Å². The zero-order valence-electron chi connectivity index (χ0n) is 15.3. The molecule has 0 radical (unpaired) electrons. The summed E-state index contributed by atoms with van der Waals surface area (Å²) in [4.78, 5) is 0. The van der Waals surface area contributed by atoms with Crippen molar-refractivity contribution in [3.63, 3.8) is 0 Å². The van der Waals surface area contributed by atoms with Crippen LogP contribution in [0.5, 0.6) is 5.75 Å². The highest BCUT2D eigenvalue weighted by Gasteiger charge is 2.37. The monoisotopic (exact) mass is 370 g/mol. The fourth-order valence-electron chi connectivity index (χ4n) is 3.90. The number of benzene rings is 2. The number of allylic oxidation sites excluding steroid dienone is 1. The van der Waals surface area contributed by atoms with Crippen molar-refractivity contribution in [2.45, 2.75) is 11.8 Å². The Bertz CT molecular complexity index is 1130. The Balaban J connectivity index is 1.67. The smallest absolute Gasteiger partial charge is 0.200 e. The summed E-state index contributed by atoms with van der Waals surface area (Å²) in [6.07, 6.45) is 5.08. The molecular weight excluding hydrogens is 352 g/mol. The number of aromatic nitrogens is 6. The summed E-state index contributed by atoms with van der Waals surface area (Å²) in [5.41, 5.74) is 4.82. The van der Waals surface area contributed by atoms with Crippen LogP contribution in [0.2, 0.25) is 0 Å². The summed E-state index contributed by atoms with van der Waals surface area (Å²) >= 11 is 0. The summed E-state index contributed by atoms with van der Waals surface area (Å²) in [6, 6.07) is 18.7. The van der Waals surface area contributed by atoms with Gasteiger partial charge in [-0.15, -0.1) is 5.10 Å². The number of methoxy groups -OCH3 is 1. The van der Waals surface area contributed by atoms with Crippen molar-refractivity contribution in [2.24, 2.45) is 0 Å². The van der Waals surface area contributed by atoms with Crippen LogP contribution in [0.25, 0.3) is 17.6 Å². The molecule has 0 bridgehead atoms. The molecule has 5 rings (SSSR count). The second kappa shape index (κ2) is 6.45. The zero-order chi connectivity index (χ0) is 19.0. The van der Waals surface area contributed by atoms with Gasteiger partial charge < -0.3 is 4.74 Å². The largest absolute Gasteiger partial charge is 0.497 e. The van der Waals surface area contributed by atoms with E-state index < -0.39 is 0 Å². The molecule has 0 aliphatic heterocycles. The van der Waals surface area contributed by atoms with Crippen molar-refractivity contribution in [1.82, 2.24) is 30.8 Å². The topological polar surface area (TPSA) is 92.4 Å². The molecule has 0 spiro atoms. The van der Waals surface area contributed by atoms with Gasteiger partial charge in [0.1, 0.15) is 11.4 Å². The standard InChI is InChI=1S/C21H18N6O/c1-28-16-9-5-8-15(12-16)21(14-6-3-2-4-7-14)11-10-17-18(13-21)22-23-19(17)20-24-26-27-25-20/h2-12H,13H2,1H3,(H,22,23)(H,24,25,26,27). The second-order valence-electron chi connectivity index (χ2n) is 6.79. The van der Waals surface area contributed by atoms with Crippen LogP contribution in [0, 0.1) is 0 Å². The third-order valence-electron chi connectivity index (χ3n) is 5.32. The highest BCUT2D eigenvalue weighted by atomic mass is 16.5. The SMILES string of the molecule is COc1cccc(C2(c3ccccc3)C=Cc3c(-c4nnn[nH]4)n[nH]c3C2)c1. The highest BCUT2D eigenvalue weighted by molar-refractivity contribution is 5.73. The third-order valence-corrected chi connectivity index (χ3v) is 5.32. The van der Waals surface area contributed by atoms with Crippen molar-refractivity contribution in [2.75, 3.05) is 7.11 Å². The fraction of sp³-hybridized carbons (Fsp3) is 0.143. The minimum absolute atomic E-state index is 0.327. The maximum atomic E-state index is 5.48. The van der Waals surface area contributed by atoms with Gasteiger partial charge in [0.2, 0.25) is 5.82 Å². The van der Waals surface area contributed by atoms with Crippen LogP contribution in [-0.4, -0.2) is 37.9 Å². The van der Waals surface area contributed by atoms with Crippen molar-refractivity contribution in [1.29, 1.82) is 0 Å². The van der Waals surface area contributed by atoms with Gasteiger partial charge in [-0.3, -0.25) is 5.10 Å². The van der Waals surface area contributed by atoms with Crippen molar-refractivity contribution in [3.8, 4) is 17.3 Å². The minimum atomic E-state index is -0.327. The lowest BCUT2D eigenvalue weighted by atomic mass is 9.68. The molecule has 2 heterocycles. The van der Waals surface area contributed by atoms with E-state index in [0.29, 0.717) is 5.82 Å². The number of fused-ring (bicyclic) bond motifs is 1. The predicted molar refractivity (Wildman–Crippen MR) is 105 cm³/mol. The number of H-pyrrole nitrogens is 2. The van der Waals surface area contributed by atoms with Gasteiger partial charge in [0.25, 0.3) is 0 Å². The maximum Gasteiger partial charge on any atom is 0.200 e. The molecule has 1 aliphatic rings. The number of ether oxygens (including phenoxy) is 1. The van der Waals surface area contributed by atoms with Crippen LogP contribution < -0.4 is 4.74 Å². The van der Waals surface area contributed by atoms with Gasteiger partial charge in [-0.25, -0.2) is 5.10 Å². The van der Waals surface area contributed by atoms with Crippen LogP contribution in [0.3, 0.4) is 0 Å². The Labute approximate surface area is 161 Å². The lowest BCUT2D eigenvalue weighted by molar-refractivity contribution is 0.413. The van der Waals surface area contributed by atoms with Crippen molar-refractivity contribution in [3.05, 3.63) is 83.1 Å². The number of hydrogen-bond donors (Lipinski definition) is 2. The van der Waals surface area contributed by atoms with Crippen LogP contribution in [0.1, 0.15) is 22.4 Å². The predicted octanol–water partition coefficient (Wildman–Crippen LogP) is 3.15. The van der Waals surface area contributed by atoms with E-state index in [0.717, 1.165) is 34.7 Å². The third kappa shape index (κ3) is 2.51. The normalized spacial score (nSPS) is 18.0. The van der Waals surface area contributed by atoms with Gasteiger partial charge in [-0.2, -0.15) is 5.10 Å². The minimum Gasteiger partial charge on any atom is -0.497 e. The Morgan fingerprint density at radius 3 is 2.64 bits per heavy atom. The van der Waals surface area contributed by atoms with Crippen LogP contribution >= 0.6 is 0 Å². The molecule has 0 saturated heterocycles. The van der Waals surface area contributed by atoms with Gasteiger partial charge in [-0.1, -0.05) is 54.6 Å². The average molecular weight is 370 g/mol. The van der Waals surface area contributed by atoms with E-state index in [1.165, 1.54) is 5.56 Å². The lowest BCUT2D eigenvalue weighted by Gasteiger charge is -2.34. The Morgan fingerprint density at radius 1 is 1.00 bits per heavy atom. The van der Waals surface area contributed by atoms with E-state index in [2.05, 4.69) is 79.4 Å². The molecule has 4 aromatic rings. The second-order valence-corrected chi connectivity index (χ2v) is 6.79. The molecule has 0 saturated carbocycles. The van der Waals surface area contributed by atoms with E-state index in [-0.39, 0.29) is 5.41 Å². The molecule has 7 heteroatoms. The Hall–Kier alpha value is -3.74. The first-order valence-electron chi connectivity index (χ1n) is 9.01. The van der Waals surface area contributed by atoms with E-state index >= 15 is 0 Å². The number of hydrogen-bond acceptors (Lipinski definition) is 5. The lowest BCUT2D eigenvalue weighted by Crippen LogP contribution is -2.30. The molecular formula is C21H18N6O. The highest BCUT2D eigenvalue weighted by Crippen LogP contribution is 2.43. The van der Waals surface area contributed by atoms with Crippen LogP contribution in [-0.2, 0) is 11.8 Å². The first-order chi connectivity index (χ1) is 13.8. The first-order valence-corrected chi connectivity index (χ1v) is 9.01. The van der Waals surface area contributed by atoms with Crippen molar-refractivity contribution < 1.29 is 4.74 Å². The Kier molecular flexibility index (Phi) is 3.79. The molecule has 1 aliphatic carbocycles. The average Bonchev–Trinajstić information content (AvgIpc) is 3.43. The molecule has 28 heavy (non-hydrogen) atoms. The molecule has 0 amide bonds. The van der Waals surface area contributed by atoms with Gasteiger partial charge in [-0.05, 0) is 33.7 Å². The van der Waals surface area contributed by atoms with E-state index in [1.807, 2.05) is 18.2 Å². The summed E-state index contributed by atoms with van der Waals surface area (Å²) in [6.45, 7) is 0. The van der Waals surface area contributed by atoms with Gasteiger partial charge in [0.05, 0.1) is 7.11 Å². The first kappa shape index (κ1) is 16.4. The molecule has 2 N–H and O–H groups in total. The Morgan fingerprint density at radius 2 is 1.86 bits per heavy atom. The molecule has 1 unspecified atom stereocenters. The molecule has 0 fully saturated rings. The number of aromatic amines is 2. The molecule has 7 nitrogen and oxygen atoms in total. The van der Waals surface area contributed by atoms with Gasteiger partial charge in [0, 0.05) is 23.1 Å². The van der Waals surface area contributed by atoms with Gasteiger partial charge >= 0.3 is 0 Å². The van der Waals surface area contributed by atoms with E-state index in [9.17, 15) is 0 Å². The molecule has 1 atom stereocenters. The molecule has 2 aromatic carbocycles. The van der Waals surface area contributed by atoms with Crippen molar-refractivity contribution >= 4 is 6.08 Å². The van der Waals surface area contributed by atoms with Crippen LogP contribution in [0.4, 0.5) is 0 Å². The number of nitrogens with zero attached hydrogens (tertiary/aromatic N) is 4. The summed E-state index contributed by atoms with van der Waals surface area (Å²) in [7, 11) is 1.69. The molecule has 2 aromatic heterocycles.